The van der Waals surface area contributed by atoms with Crippen LogP contribution in [0.4, 0.5) is 0 Å². The van der Waals surface area contributed by atoms with Crippen molar-refractivity contribution in [1.82, 2.24) is 10.2 Å². The molecule has 0 aromatic heterocycles. The fraction of sp³-hybridized carbons (Fsp3) is 0.350. The highest BCUT2D eigenvalue weighted by Crippen LogP contribution is 2.27. The van der Waals surface area contributed by atoms with Crippen LogP contribution >= 0.6 is 0 Å². The minimum absolute atomic E-state index is 0.0398. The van der Waals surface area contributed by atoms with Crippen molar-refractivity contribution in [3.8, 4) is 17.2 Å². The third kappa shape index (κ3) is 6.29. The highest BCUT2D eigenvalue weighted by Gasteiger charge is 2.08. The largest absolute Gasteiger partial charge is 0.493 e. The fourth-order valence-electron chi connectivity index (χ4n) is 2.41. The molecule has 1 amide bonds. The fourth-order valence-corrected chi connectivity index (χ4v) is 2.41. The molecule has 6 nitrogen and oxygen atoms in total. The molecule has 140 valence electrons. The molecule has 0 radical (unpaired) electrons. The van der Waals surface area contributed by atoms with E-state index in [4.69, 9.17) is 14.2 Å². The zero-order chi connectivity index (χ0) is 18.8. The van der Waals surface area contributed by atoms with Crippen LogP contribution < -0.4 is 19.5 Å². The van der Waals surface area contributed by atoms with Gasteiger partial charge < -0.3 is 19.5 Å². The van der Waals surface area contributed by atoms with E-state index in [2.05, 4.69) is 5.32 Å². The molecule has 6 heteroatoms. The Morgan fingerprint density at radius 2 is 1.77 bits per heavy atom. The minimum atomic E-state index is -0.0398. The summed E-state index contributed by atoms with van der Waals surface area (Å²) >= 11 is 0. The molecule has 0 aliphatic carbocycles. The van der Waals surface area contributed by atoms with Gasteiger partial charge in [-0.2, -0.15) is 0 Å². The number of hydrogen-bond acceptors (Lipinski definition) is 5. The van der Waals surface area contributed by atoms with Crippen LogP contribution in [0.5, 0.6) is 17.2 Å². The summed E-state index contributed by atoms with van der Waals surface area (Å²) in [5.41, 5.74) is 0.950. The number of amides is 1. The van der Waals surface area contributed by atoms with Gasteiger partial charge in [-0.25, -0.2) is 0 Å². The van der Waals surface area contributed by atoms with Crippen LogP contribution in [0.3, 0.4) is 0 Å². The molecule has 0 bridgehead atoms. The summed E-state index contributed by atoms with van der Waals surface area (Å²) in [7, 11) is 5.08. The molecule has 2 aromatic carbocycles. The number of nitrogens with zero attached hydrogens (tertiary/aromatic N) is 1. The van der Waals surface area contributed by atoms with E-state index in [1.54, 1.807) is 14.2 Å². The van der Waals surface area contributed by atoms with E-state index in [-0.39, 0.29) is 5.91 Å². The monoisotopic (exact) mass is 358 g/mol. The van der Waals surface area contributed by atoms with Gasteiger partial charge in [-0.05, 0) is 36.9 Å². The molecule has 2 rings (SSSR count). The van der Waals surface area contributed by atoms with E-state index in [1.165, 1.54) is 0 Å². The molecule has 26 heavy (non-hydrogen) atoms. The summed E-state index contributed by atoms with van der Waals surface area (Å²) < 4.78 is 16.1. The standard InChI is InChI=1S/C20H26N2O4/c1-22(11-12-26-17-7-5-4-6-8-17)15-20(23)21-14-16-9-10-18(24-2)19(13-16)25-3/h4-10,13H,11-12,14-15H2,1-3H3,(H,21,23). The predicted octanol–water partition coefficient (Wildman–Crippen LogP) is 2.33. The van der Waals surface area contributed by atoms with E-state index < -0.39 is 0 Å². The summed E-state index contributed by atoms with van der Waals surface area (Å²) in [6.45, 7) is 1.95. The first-order chi connectivity index (χ1) is 12.6. The highest BCUT2D eigenvalue weighted by atomic mass is 16.5. The Bertz CT molecular complexity index is 691. The number of nitrogens with one attached hydrogen (secondary N) is 1. The molecular formula is C20H26N2O4. The minimum Gasteiger partial charge on any atom is -0.493 e. The van der Waals surface area contributed by atoms with Crippen LogP contribution in [0.15, 0.2) is 48.5 Å². The van der Waals surface area contributed by atoms with Crippen molar-refractivity contribution in [1.29, 1.82) is 0 Å². The average Bonchev–Trinajstić information content (AvgIpc) is 2.67. The smallest absolute Gasteiger partial charge is 0.234 e. The molecule has 1 N–H and O–H groups in total. The number of carbonyl (C=O) groups excluding carboxylic acids is 1. The first-order valence-corrected chi connectivity index (χ1v) is 8.46. The van der Waals surface area contributed by atoms with Gasteiger partial charge in [0.15, 0.2) is 11.5 Å². The third-order valence-corrected chi connectivity index (χ3v) is 3.84. The molecule has 0 aliphatic rings. The summed E-state index contributed by atoms with van der Waals surface area (Å²) in [6.07, 6.45) is 0. The van der Waals surface area contributed by atoms with Gasteiger partial charge in [0.2, 0.25) is 5.91 Å². The molecule has 0 fully saturated rings. The van der Waals surface area contributed by atoms with Crippen LogP contribution in [0.1, 0.15) is 5.56 Å². The van der Waals surface area contributed by atoms with Crippen molar-refractivity contribution in [2.45, 2.75) is 6.54 Å². The predicted molar refractivity (Wildman–Crippen MR) is 101 cm³/mol. The van der Waals surface area contributed by atoms with Crippen molar-refractivity contribution in [3.05, 3.63) is 54.1 Å². The van der Waals surface area contributed by atoms with Crippen molar-refractivity contribution < 1.29 is 19.0 Å². The third-order valence-electron chi connectivity index (χ3n) is 3.84. The van der Waals surface area contributed by atoms with Gasteiger partial charge in [-0.1, -0.05) is 24.3 Å². The first-order valence-electron chi connectivity index (χ1n) is 8.46. The Hall–Kier alpha value is -2.73. The molecule has 2 aromatic rings. The Balaban J connectivity index is 1.71. The number of para-hydroxylation sites is 1. The SMILES string of the molecule is COc1ccc(CNC(=O)CN(C)CCOc2ccccc2)cc1OC. The molecular weight excluding hydrogens is 332 g/mol. The number of likely N-dealkylation sites (N-methyl/N-ethyl adjacent to an activating group) is 1. The van der Waals surface area contributed by atoms with Gasteiger partial charge in [0.25, 0.3) is 0 Å². The molecule has 0 saturated heterocycles. The summed E-state index contributed by atoms with van der Waals surface area (Å²) in [6, 6.07) is 15.2. The van der Waals surface area contributed by atoms with E-state index >= 15 is 0 Å². The van der Waals surface area contributed by atoms with E-state index in [1.807, 2.05) is 60.5 Å². The lowest BCUT2D eigenvalue weighted by Crippen LogP contribution is -2.36. The first kappa shape index (κ1) is 19.6. The lowest BCUT2D eigenvalue weighted by atomic mass is 10.2. The molecule has 0 atom stereocenters. The highest BCUT2D eigenvalue weighted by molar-refractivity contribution is 5.78. The number of rotatable bonds is 10. The number of hydrogen-bond donors (Lipinski definition) is 1. The average molecular weight is 358 g/mol. The molecule has 0 spiro atoms. The van der Waals surface area contributed by atoms with Crippen LogP contribution in [0.25, 0.3) is 0 Å². The maximum atomic E-state index is 12.1. The molecule has 0 saturated carbocycles. The zero-order valence-corrected chi connectivity index (χ0v) is 15.5. The van der Waals surface area contributed by atoms with Crippen molar-refractivity contribution in [2.24, 2.45) is 0 Å². The lowest BCUT2D eigenvalue weighted by Gasteiger charge is -2.17. The van der Waals surface area contributed by atoms with E-state index in [0.717, 1.165) is 11.3 Å². The van der Waals surface area contributed by atoms with Gasteiger partial charge >= 0.3 is 0 Å². The molecule has 0 unspecified atom stereocenters. The Morgan fingerprint density at radius 1 is 1.04 bits per heavy atom. The summed E-state index contributed by atoms with van der Waals surface area (Å²) in [5, 5.41) is 2.91. The second-order valence-corrected chi connectivity index (χ2v) is 5.87. The zero-order valence-electron chi connectivity index (χ0n) is 15.5. The van der Waals surface area contributed by atoms with Crippen molar-refractivity contribution in [2.75, 3.05) is 41.0 Å². The van der Waals surface area contributed by atoms with Crippen LogP contribution in [-0.2, 0) is 11.3 Å². The van der Waals surface area contributed by atoms with Crippen LogP contribution in [0.2, 0.25) is 0 Å². The molecule has 0 heterocycles. The number of methoxy groups -OCH3 is 2. The van der Waals surface area contributed by atoms with Crippen molar-refractivity contribution >= 4 is 5.91 Å². The Morgan fingerprint density at radius 3 is 2.46 bits per heavy atom. The Labute approximate surface area is 154 Å². The van der Waals surface area contributed by atoms with Gasteiger partial charge in [0.1, 0.15) is 12.4 Å². The van der Waals surface area contributed by atoms with E-state index in [9.17, 15) is 4.79 Å². The number of ether oxygens (including phenoxy) is 3. The maximum Gasteiger partial charge on any atom is 0.234 e. The summed E-state index contributed by atoms with van der Waals surface area (Å²) in [5.74, 6) is 2.11. The quantitative estimate of drug-likeness (QED) is 0.706. The maximum absolute atomic E-state index is 12.1. The van der Waals surface area contributed by atoms with Crippen molar-refractivity contribution in [3.63, 3.8) is 0 Å². The summed E-state index contributed by atoms with van der Waals surface area (Å²) in [4.78, 5) is 14.0. The second-order valence-electron chi connectivity index (χ2n) is 5.87. The second kappa shape index (κ2) is 10.3. The van der Waals surface area contributed by atoms with Gasteiger partial charge in [-0.3, -0.25) is 9.69 Å². The van der Waals surface area contributed by atoms with Gasteiger partial charge in [-0.15, -0.1) is 0 Å². The van der Waals surface area contributed by atoms with E-state index in [0.29, 0.717) is 37.7 Å². The van der Waals surface area contributed by atoms with Gasteiger partial charge in [0.05, 0.1) is 20.8 Å². The van der Waals surface area contributed by atoms with Gasteiger partial charge in [0, 0.05) is 13.1 Å². The number of carbonyl (C=O) groups is 1. The molecule has 0 aliphatic heterocycles. The normalized spacial score (nSPS) is 10.5. The van der Waals surface area contributed by atoms with Crippen LogP contribution in [-0.4, -0.2) is 51.8 Å². The Kier molecular flexibility index (Phi) is 7.76. The number of benzene rings is 2. The lowest BCUT2D eigenvalue weighted by molar-refractivity contribution is -0.122. The topological polar surface area (TPSA) is 60.0 Å². The van der Waals surface area contributed by atoms with Crippen LogP contribution in [0, 0.1) is 0 Å².